The van der Waals surface area contributed by atoms with E-state index in [-0.39, 0.29) is 22.2 Å². The van der Waals surface area contributed by atoms with Crippen molar-refractivity contribution < 1.29 is 0 Å². The molecule has 0 saturated carbocycles. The van der Waals surface area contributed by atoms with E-state index in [1.165, 1.54) is 0 Å². The first-order valence-electron chi connectivity index (χ1n) is 15.6. The zero-order valence-corrected chi connectivity index (χ0v) is 26.9. The number of hydrogen-bond acceptors (Lipinski definition) is 4. The molecule has 0 fully saturated rings. The van der Waals surface area contributed by atoms with Gasteiger partial charge in [-0.1, -0.05) is 48.5 Å². The first kappa shape index (κ1) is 27.0. The molecule has 0 radical (unpaired) electrons. The van der Waals surface area contributed by atoms with Crippen LogP contribution in [0.25, 0.3) is 33.2 Å². The van der Waals surface area contributed by atoms with Gasteiger partial charge in [0.05, 0.1) is 44.2 Å². The molecule has 6 aromatic rings. The molecule has 0 saturated heterocycles. The standard InChI is InChI=1S/C38H40N6/c1-35(2)37(5,6)43-31-21-19-25(23-29(31)39-33(43)41(35)27-15-11-9-12-16-27)26-20-22-32-30(24-26)40-34-42(28-17-13-10-14-18-28)36(3,4)38(7,8)44(32)34/h9-24H,1-8H3. The summed E-state index contributed by atoms with van der Waals surface area (Å²) in [7, 11) is 0. The highest BCUT2D eigenvalue weighted by Gasteiger charge is 2.54. The average Bonchev–Trinajstić information content (AvgIpc) is 3.63. The van der Waals surface area contributed by atoms with Gasteiger partial charge in [0.15, 0.2) is 0 Å². The van der Waals surface area contributed by atoms with Crippen LogP contribution in [0.15, 0.2) is 97.1 Å². The van der Waals surface area contributed by atoms with Gasteiger partial charge in [0.25, 0.3) is 0 Å². The van der Waals surface area contributed by atoms with E-state index in [1.54, 1.807) is 0 Å². The Morgan fingerprint density at radius 2 is 0.795 bits per heavy atom. The Morgan fingerprint density at radius 1 is 0.432 bits per heavy atom. The zero-order valence-electron chi connectivity index (χ0n) is 26.9. The number of benzene rings is 4. The van der Waals surface area contributed by atoms with Gasteiger partial charge in [-0.15, -0.1) is 0 Å². The van der Waals surface area contributed by atoms with Gasteiger partial charge in [0, 0.05) is 11.4 Å². The van der Waals surface area contributed by atoms with Crippen LogP contribution in [0, 0.1) is 0 Å². The monoisotopic (exact) mass is 580 g/mol. The normalized spacial score (nSPS) is 19.1. The minimum atomic E-state index is -0.171. The van der Waals surface area contributed by atoms with Crippen LogP contribution < -0.4 is 9.80 Å². The third-order valence-electron chi connectivity index (χ3n) is 11.3. The highest BCUT2D eigenvalue weighted by molar-refractivity contribution is 5.91. The zero-order chi connectivity index (χ0) is 30.8. The Labute approximate surface area is 259 Å². The summed E-state index contributed by atoms with van der Waals surface area (Å²) in [4.78, 5) is 15.3. The molecule has 4 heterocycles. The number of rotatable bonds is 3. The molecule has 0 unspecified atom stereocenters. The van der Waals surface area contributed by atoms with E-state index in [4.69, 9.17) is 9.97 Å². The maximum absolute atomic E-state index is 5.27. The van der Waals surface area contributed by atoms with Crippen molar-refractivity contribution in [2.45, 2.75) is 77.5 Å². The third-order valence-corrected chi connectivity index (χ3v) is 11.3. The summed E-state index contributed by atoms with van der Waals surface area (Å²) in [5.74, 6) is 1.98. The van der Waals surface area contributed by atoms with Crippen LogP contribution in [0.1, 0.15) is 55.4 Å². The Kier molecular flexibility index (Phi) is 5.23. The van der Waals surface area contributed by atoms with Gasteiger partial charge in [-0.25, -0.2) is 9.97 Å². The van der Waals surface area contributed by atoms with Gasteiger partial charge in [0.2, 0.25) is 11.9 Å². The van der Waals surface area contributed by atoms with Crippen molar-refractivity contribution in [3.8, 4) is 11.1 Å². The fourth-order valence-electron chi connectivity index (χ4n) is 7.52. The molecule has 6 heteroatoms. The summed E-state index contributed by atoms with van der Waals surface area (Å²) in [5, 5.41) is 0. The van der Waals surface area contributed by atoms with E-state index >= 15 is 0 Å². The summed E-state index contributed by atoms with van der Waals surface area (Å²) >= 11 is 0. The number of hydrogen-bond donors (Lipinski definition) is 0. The molecular weight excluding hydrogens is 540 g/mol. The van der Waals surface area contributed by atoms with Crippen molar-refractivity contribution in [2.75, 3.05) is 9.80 Å². The number of fused-ring (bicyclic) bond motifs is 6. The topological polar surface area (TPSA) is 42.1 Å². The molecule has 0 atom stereocenters. The van der Waals surface area contributed by atoms with Gasteiger partial charge in [0.1, 0.15) is 0 Å². The first-order valence-corrected chi connectivity index (χ1v) is 15.6. The summed E-state index contributed by atoms with van der Waals surface area (Å²) in [6.45, 7) is 18.5. The lowest BCUT2D eigenvalue weighted by atomic mass is 9.82. The molecule has 2 aliphatic heterocycles. The van der Waals surface area contributed by atoms with E-state index in [9.17, 15) is 0 Å². The molecular formula is C38H40N6. The SMILES string of the molecule is CC1(C)N(c2ccccc2)c2nc3cc(-c4ccc5c(c4)nc4n5C(C)(C)C(C)(C)N4c4ccccc4)ccc3n2C1(C)C. The van der Waals surface area contributed by atoms with Crippen LogP contribution in [0.4, 0.5) is 23.3 Å². The second-order valence-corrected chi connectivity index (χ2v) is 14.5. The molecule has 44 heavy (non-hydrogen) atoms. The third kappa shape index (κ3) is 3.26. The van der Waals surface area contributed by atoms with E-state index in [1.807, 2.05) is 0 Å². The summed E-state index contributed by atoms with van der Waals surface area (Å²) in [6.07, 6.45) is 0. The Bertz CT molecular complexity index is 1930. The molecule has 2 aromatic heterocycles. The highest BCUT2D eigenvalue weighted by Crippen LogP contribution is 2.53. The van der Waals surface area contributed by atoms with Crippen molar-refractivity contribution >= 4 is 45.3 Å². The maximum Gasteiger partial charge on any atom is 0.212 e. The number of para-hydroxylation sites is 2. The predicted octanol–water partition coefficient (Wildman–Crippen LogP) is 9.38. The Morgan fingerprint density at radius 3 is 1.16 bits per heavy atom. The predicted molar refractivity (Wildman–Crippen MR) is 182 cm³/mol. The van der Waals surface area contributed by atoms with Crippen LogP contribution in [-0.2, 0) is 11.1 Å². The van der Waals surface area contributed by atoms with Crippen molar-refractivity contribution in [1.29, 1.82) is 0 Å². The van der Waals surface area contributed by atoms with Gasteiger partial charge in [-0.05, 0) is 115 Å². The van der Waals surface area contributed by atoms with E-state index in [0.717, 1.165) is 56.5 Å². The van der Waals surface area contributed by atoms with Crippen LogP contribution in [0.5, 0.6) is 0 Å². The largest absolute Gasteiger partial charge is 0.304 e. The van der Waals surface area contributed by atoms with E-state index in [0.29, 0.717) is 0 Å². The van der Waals surface area contributed by atoms with Crippen LogP contribution in [0.2, 0.25) is 0 Å². The highest BCUT2D eigenvalue weighted by atomic mass is 15.5. The van der Waals surface area contributed by atoms with Gasteiger partial charge < -0.3 is 18.9 Å². The van der Waals surface area contributed by atoms with Crippen molar-refractivity contribution in [1.82, 2.24) is 19.1 Å². The summed E-state index contributed by atoms with van der Waals surface area (Å²) in [5.41, 5.74) is 8.28. The number of nitrogens with zero attached hydrogens (tertiary/aromatic N) is 6. The molecule has 0 spiro atoms. The fraction of sp³-hybridized carbons (Fsp3) is 0.316. The fourth-order valence-corrected chi connectivity index (χ4v) is 7.52. The number of anilines is 4. The molecule has 4 aromatic carbocycles. The number of aromatic nitrogens is 4. The average molecular weight is 581 g/mol. The van der Waals surface area contributed by atoms with Crippen LogP contribution in [0.3, 0.4) is 0 Å². The molecule has 222 valence electrons. The molecule has 8 rings (SSSR count). The molecule has 0 bridgehead atoms. The number of imidazole rings is 2. The maximum atomic E-state index is 5.27. The van der Waals surface area contributed by atoms with Gasteiger partial charge >= 0.3 is 0 Å². The van der Waals surface area contributed by atoms with Crippen LogP contribution in [-0.4, -0.2) is 30.2 Å². The Balaban J connectivity index is 1.25. The Hall–Kier alpha value is -4.58. The minimum Gasteiger partial charge on any atom is -0.304 e. The minimum absolute atomic E-state index is 0.161. The summed E-state index contributed by atoms with van der Waals surface area (Å²) < 4.78 is 4.84. The summed E-state index contributed by atoms with van der Waals surface area (Å²) in [6, 6.07) is 34.7. The smallest absolute Gasteiger partial charge is 0.212 e. The second-order valence-electron chi connectivity index (χ2n) is 14.5. The van der Waals surface area contributed by atoms with Crippen LogP contribution >= 0.6 is 0 Å². The van der Waals surface area contributed by atoms with Crippen molar-refractivity contribution in [3.05, 3.63) is 97.1 Å². The van der Waals surface area contributed by atoms with Crippen molar-refractivity contribution in [2.24, 2.45) is 0 Å². The molecule has 0 N–H and O–H groups in total. The lowest BCUT2D eigenvalue weighted by molar-refractivity contribution is 0.253. The molecule has 6 nitrogen and oxygen atoms in total. The first-order chi connectivity index (χ1) is 20.9. The molecule has 0 amide bonds. The molecule has 0 aliphatic carbocycles. The lowest BCUT2D eigenvalue weighted by Gasteiger charge is -2.41. The van der Waals surface area contributed by atoms with Crippen molar-refractivity contribution in [3.63, 3.8) is 0 Å². The van der Waals surface area contributed by atoms with E-state index in [2.05, 4.69) is 171 Å². The second kappa shape index (κ2) is 8.53. The quantitative estimate of drug-likeness (QED) is 0.209. The molecule has 2 aliphatic rings. The lowest BCUT2D eigenvalue weighted by Crippen LogP contribution is -2.50. The van der Waals surface area contributed by atoms with E-state index < -0.39 is 0 Å². The van der Waals surface area contributed by atoms with Gasteiger partial charge in [-0.2, -0.15) is 0 Å². The van der Waals surface area contributed by atoms with Gasteiger partial charge in [-0.3, -0.25) is 0 Å².